The molecule has 0 fully saturated rings. The van der Waals surface area contributed by atoms with Crippen LogP contribution in [-0.4, -0.2) is 19.5 Å². The summed E-state index contributed by atoms with van der Waals surface area (Å²) in [6, 6.07) is 2.47. The highest BCUT2D eigenvalue weighted by atomic mass is 35.5. The van der Waals surface area contributed by atoms with Gasteiger partial charge in [-0.2, -0.15) is 13.2 Å². The highest BCUT2D eigenvalue weighted by Gasteiger charge is 2.40. The summed E-state index contributed by atoms with van der Waals surface area (Å²) in [5, 5.41) is 0.0951. The molecule has 1 atom stereocenters. The summed E-state index contributed by atoms with van der Waals surface area (Å²) in [4.78, 5) is 0. The lowest BCUT2D eigenvalue weighted by Gasteiger charge is -2.19. The van der Waals surface area contributed by atoms with Gasteiger partial charge in [-0.25, -0.2) is 0 Å². The maximum absolute atomic E-state index is 12.7. The first-order valence-corrected chi connectivity index (χ1v) is 5.17. The lowest BCUT2D eigenvalue weighted by molar-refractivity contribution is -0.148. The summed E-state index contributed by atoms with van der Waals surface area (Å²) in [5.74, 6) is -1.27. The van der Waals surface area contributed by atoms with Crippen LogP contribution in [0.15, 0.2) is 12.1 Å². The van der Waals surface area contributed by atoms with Crippen molar-refractivity contribution in [3.63, 3.8) is 0 Å². The molecule has 1 aromatic carbocycles. The molecule has 17 heavy (non-hydrogen) atoms. The van der Waals surface area contributed by atoms with E-state index in [2.05, 4.69) is 0 Å². The van der Waals surface area contributed by atoms with Gasteiger partial charge in [0.05, 0.1) is 10.9 Å². The van der Waals surface area contributed by atoms with Crippen molar-refractivity contribution in [2.45, 2.75) is 12.1 Å². The molecule has 7 heteroatoms. The molecule has 1 unspecified atom stereocenters. The SMILES string of the molecule is NCC(c1cc(Cl)c2c(c1)OCO2)C(F)(F)F. The molecular formula is C10H9ClF3NO2. The van der Waals surface area contributed by atoms with E-state index < -0.39 is 18.6 Å². The lowest BCUT2D eigenvalue weighted by atomic mass is 9.98. The van der Waals surface area contributed by atoms with Gasteiger partial charge >= 0.3 is 6.18 Å². The predicted molar refractivity (Wildman–Crippen MR) is 55.4 cm³/mol. The molecule has 3 nitrogen and oxygen atoms in total. The van der Waals surface area contributed by atoms with E-state index in [-0.39, 0.29) is 28.9 Å². The van der Waals surface area contributed by atoms with Gasteiger partial charge in [0.1, 0.15) is 0 Å². The predicted octanol–water partition coefficient (Wildman–Crippen LogP) is 2.67. The minimum absolute atomic E-state index is 0.0192. The zero-order chi connectivity index (χ0) is 12.6. The second-order valence-corrected chi connectivity index (χ2v) is 3.97. The number of alkyl halides is 3. The molecule has 2 rings (SSSR count). The third-order valence-electron chi connectivity index (χ3n) is 2.48. The molecule has 0 saturated carbocycles. The van der Waals surface area contributed by atoms with Gasteiger partial charge in [-0.05, 0) is 17.7 Å². The average molecular weight is 268 g/mol. The van der Waals surface area contributed by atoms with Gasteiger partial charge in [0.25, 0.3) is 0 Å². The van der Waals surface area contributed by atoms with Gasteiger partial charge in [0, 0.05) is 6.54 Å². The number of halogens is 4. The van der Waals surface area contributed by atoms with Crippen LogP contribution in [0, 0.1) is 0 Å². The quantitative estimate of drug-likeness (QED) is 0.896. The third-order valence-corrected chi connectivity index (χ3v) is 2.76. The zero-order valence-corrected chi connectivity index (χ0v) is 9.31. The molecule has 0 aromatic heterocycles. The maximum Gasteiger partial charge on any atom is 0.396 e. The first kappa shape index (κ1) is 12.3. The number of ether oxygens (including phenoxy) is 2. The van der Waals surface area contributed by atoms with Gasteiger partial charge < -0.3 is 15.2 Å². The maximum atomic E-state index is 12.7. The largest absolute Gasteiger partial charge is 0.454 e. The van der Waals surface area contributed by atoms with Gasteiger partial charge in [-0.1, -0.05) is 11.6 Å². The fourth-order valence-corrected chi connectivity index (χ4v) is 1.92. The molecule has 1 aliphatic heterocycles. The van der Waals surface area contributed by atoms with E-state index >= 15 is 0 Å². The summed E-state index contributed by atoms with van der Waals surface area (Å²) in [5.41, 5.74) is 5.13. The average Bonchev–Trinajstić information content (AvgIpc) is 2.64. The van der Waals surface area contributed by atoms with Crippen molar-refractivity contribution < 1.29 is 22.6 Å². The molecule has 94 valence electrons. The smallest absolute Gasteiger partial charge is 0.396 e. The molecule has 0 saturated heterocycles. The van der Waals surface area contributed by atoms with Crippen LogP contribution in [0.2, 0.25) is 5.02 Å². The second kappa shape index (κ2) is 4.27. The fraction of sp³-hybridized carbons (Fsp3) is 0.400. The van der Waals surface area contributed by atoms with E-state index in [1.54, 1.807) is 0 Å². The Morgan fingerprint density at radius 3 is 2.65 bits per heavy atom. The molecule has 0 aliphatic carbocycles. The van der Waals surface area contributed by atoms with Crippen molar-refractivity contribution in [3.8, 4) is 11.5 Å². The van der Waals surface area contributed by atoms with Crippen LogP contribution in [0.1, 0.15) is 11.5 Å². The van der Waals surface area contributed by atoms with Crippen LogP contribution in [0.25, 0.3) is 0 Å². The molecule has 0 radical (unpaired) electrons. The van der Waals surface area contributed by atoms with Crippen molar-refractivity contribution in [3.05, 3.63) is 22.7 Å². The van der Waals surface area contributed by atoms with E-state index in [0.717, 1.165) is 0 Å². The summed E-state index contributed by atoms with van der Waals surface area (Å²) in [6.45, 7) is -0.586. The molecule has 2 N–H and O–H groups in total. The van der Waals surface area contributed by atoms with Crippen molar-refractivity contribution in [1.82, 2.24) is 0 Å². The first-order chi connectivity index (χ1) is 7.93. The van der Waals surface area contributed by atoms with Crippen LogP contribution in [0.5, 0.6) is 11.5 Å². The third kappa shape index (κ3) is 2.28. The number of nitrogens with two attached hydrogens (primary N) is 1. The van der Waals surface area contributed by atoms with Gasteiger partial charge in [0.2, 0.25) is 6.79 Å². The molecule has 1 aromatic rings. The second-order valence-electron chi connectivity index (χ2n) is 3.57. The van der Waals surface area contributed by atoms with Crippen LogP contribution in [-0.2, 0) is 0 Å². The topological polar surface area (TPSA) is 44.5 Å². The van der Waals surface area contributed by atoms with E-state index in [1.807, 2.05) is 0 Å². The molecule has 0 amide bonds. The van der Waals surface area contributed by atoms with Gasteiger partial charge in [0.15, 0.2) is 11.5 Å². The van der Waals surface area contributed by atoms with E-state index in [0.29, 0.717) is 0 Å². The first-order valence-electron chi connectivity index (χ1n) is 4.79. The highest BCUT2D eigenvalue weighted by Crippen LogP contribution is 2.44. The Morgan fingerprint density at radius 1 is 1.35 bits per heavy atom. The minimum Gasteiger partial charge on any atom is -0.454 e. The Balaban J connectivity index is 2.43. The molecule has 1 aliphatic rings. The summed E-state index contributed by atoms with van der Waals surface area (Å²) < 4.78 is 48.1. The van der Waals surface area contributed by atoms with E-state index in [9.17, 15) is 13.2 Å². The van der Waals surface area contributed by atoms with Gasteiger partial charge in [-0.3, -0.25) is 0 Å². The van der Waals surface area contributed by atoms with E-state index in [4.69, 9.17) is 26.8 Å². The monoisotopic (exact) mass is 267 g/mol. The van der Waals surface area contributed by atoms with Crippen LogP contribution in [0.4, 0.5) is 13.2 Å². The number of benzene rings is 1. The number of hydrogen-bond donors (Lipinski definition) is 1. The summed E-state index contributed by atoms with van der Waals surface area (Å²) >= 11 is 5.81. The number of fused-ring (bicyclic) bond motifs is 1. The van der Waals surface area contributed by atoms with Crippen LogP contribution in [0.3, 0.4) is 0 Å². The molecule has 1 heterocycles. The van der Waals surface area contributed by atoms with Gasteiger partial charge in [-0.15, -0.1) is 0 Å². The summed E-state index contributed by atoms with van der Waals surface area (Å²) in [6.07, 6.45) is -4.41. The minimum atomic E-state index is -4.41. The van der Waals surface area contributed by atoms with Crippen molar-refractivity contribution in [2.24, 2.45) is 5.73 Å². The number of hydrogen-bond acceptors (Lipinski definition) is 3. The number of rotatable bonds is 2. The Morgan fingerprint density at radius 2 is 2.06 bits per heavy atom. The summed E-state index contributed by atoms with van der Waals surface area (Å²) in [7, 11) is 0. The fourth-order valence-electron chi connectivity index (χ4n) is 1.65. The molecular weight excluding hydrogens is 259 g/mol. The lowest BCUT2D eigenvalue weighted by Crippen LogP contribution is -2.28. The van der Waals surface area contributed by atoms with Crippen LogP contribution < -0.4 is 15.2 Å². The Labute approximate surface area is 100 Å². The Kier molecular flexibility index (Phi) is 3.09. The van der Waals surface area contributed by atoms with Crippen molar-refractivity contribution in [1.29, 1.82) is 0 Å². The van der Waals surface area contributed by atoms with E-state index in [1.165, 1.54) is 12.1 Å². The highest BCUT2D eigenvalue weighted by molar-refractivity contribution is 6.32. The standard InChI is InChI=1S/C10H9ClF3NO2/c11-7-1-5(6(3-15)10(12,13)14)2-8-9(7)17-4-16-8/h1-2,6H,3-4,15H2. The van der Waals surface area contributed by atoms with Crippen molar-refractivity contribution >= 4 is 11.6 Å². The zero-order valence-electron chi connectivity index (χ0n) is 8.55. The van der Waals surface area contributed by atoms with Crippen LogP contribution >= 0.6 is 11.6 Å². The molecule has 0 spiro atoms. The normalized spacial score (nSPS) is 16.1. The Hall–Kier alpha value is -1.14. The van der Waals surface area contributed by atoms with Crippen molar-refractivity contribution in [2.75, 3.05) is 13.3 Å². The molecule has 0 bridgehead atoms. The Bertz CT molecular complexity index is 436.